The number of nitrogens with zero attached hydrogens (tertiary/aromatic N) is 2. The number of rotatable bonds is 2. The molecule has 4 rings (SSSR count). The van der Waals surface area contributed by atoms with Crippen molar-refractivity contribution in [3.05, 3.63) is 45.5 Å². The molecule has 0 radical (unpaired) electrons. The highest BCUT2D eigenvalue weighted by Gasteiger charge is 2.32. The molecule has 1 N–H and O–H groups in total. The first-order chi connectivity index (χ1) is 11.6. The van der Waals surface area contributed by atoms with Gasteiger partial charge in [0.1, 0.15) is 5.69 Å². The van der Waals surface area contributed by atoms with E-state index in [1.165, 1.54) is 6.07 Å². The van der Waals surface area contributed by atoms with Crippen LogP contribution in [0.4, 0.5) is 11.4 Å². The minimum atomic E-state index is -0.611. The fourth-order valence-electron chi connectivity index (χ4n) is 3.32. The van der Waals surface area contributed by atoms with Gasteiger partial charge in [-0.25, -0.2) is 0 Å². The minimum Gasteiger partial charge on any atom is -0.378 e. The third-order valence-corrected chi connectivity index (χ3v) is 4.35. The van der Waals surface area contributed by atoms with E-state index in [1.54, 1.807) is 18.2 Å². The summed E-state index contributed by atoms with van der Waals surface area (Å²) in [6.07, 6.45) is 0. The van der Waals surface area contributed by atoms with Crippen molar-refractivity contribution in [3.63, 3.8) is 0 Å². The Morgan fingerprint density at radius 3 is 2.54 bits per heavy atom. The largest absolute Gasteiger partial charge is 0.378 e. The Bertz CT molecular complexity index is 902. The van der Waals surface area contributed by atoms with E-state index < -0.39 is 16.7 Å². The summed E-state index contributed by atoms with van der Waals surface area (Å²) in [5, 5.41) is 14.8. The fraction of sp³-hybridized carbons (Fsp3) is 0.250. The van der Waals surface area contributed by atoms with E-state index in [0.29, 0.717) is 48.3 Å². The van der Waals surface area contributed by atoms with E-state index in [4.69, 9.17) is 4.74 Å². The summed E-state index contributed by atoms with van der Waals surface area (Å²) in [7, 11) is 0. The van der Waals surface area contributed by atoms with Gasteiger partial charge in [0.2, 0.25) is 0 Å². The van der Waals surface area contributed by atoms with Gasteiger partial charge in [0, 0.05) is 35.5 Å². The number of hydrogen-bond acceptors (Lipinski definition) is 6. The number of imide groups is 1. The zero-order chi connectivity index (χ0) is 16.8. The molecule has 2 amide bonds. The first-order valence-electron chi connectivity index (χ1n) is 7.50. The lowest BCUT2D eigenvalue weighted by Gasteiger charge is -2.30. The van der Waals surface area contributed by atoms with Gasteiger partial charge in [0.15, 0.2) is 0 Å². The minimum absolute atomic E-state index is 0.138. The molecule has 2 aliphatic rings. The SMILES string of the molecule is O=C1NC(=O)c2cc([N+](=O)[O-])c(N3CCOCC3)c3cccc1c23. The zero-order valence-corrected chi connectivity index (χ0v) is 12.6. The van der Waals surface area contributed by atoms with E-state index in [0.717, 1.165) is 0 Å². The van der Waals surface area contributed by atoms with Crippen LogP contribution in [0.5, 0.6) is 0 Å². The van der Waals surface area contributed by atoms with Crippen molar-refractivity contribution in [1.29, 1.82) is 0 Å². The molecule has 2 aliphatic heterocycles. The van der Waals surface area contributed by atoms with Crippen LogP contribution in [0.2, 0.25) is 0 Å². The first kappa shape index (κ1) is 14.6. The van der Waals surface area contributed by atoms with Crippen LogP contribution < -0.4 is 10.2 Å². The Labute approximate surface area is 136 Å². The maximum atomic E-state index is 12.2. The number of nitro benzene ring substituents is 1. The predicted molar refractivity (Wildman–Crippen MR) is 85.4 cm³/mol. The molecular formula is C16H13N3O5. The molecule has 0 saturated carbocycles. The number of carbonyl (C=O) groups is 2. The van der Waals surface area contributed by atoms with E-state index in [-0.39, 0.29) is 11.3 Å². The maximum absolute atomic E-state index is 12.2. The molecule has 0 aliphatic carbocycles. The molecule has 1 saturated heterocycles. The maximum Gasteiger partial charge on any atom is 0.293 e. The van der Waals surface area contributed by atoms with Gasteiger partial charge < -0.3 is 9.64 Å². The molecule has 0 aromatic heterocycles. The van der Waals surface area contributed by atoms with E-state index in [2.05, 4.69) is 5.32 Å². The second-order valence-corrected chi connectivity index (χ2v) is 5.66. The summed E-state index contributed by atoms with van der Waals surface area (Å²) in [5.74, 6) is -1.10. The van der Waals surface area contributed by atoms with Crippen LogP contribution in [0.3, 0.4) is 0 Å². The molecule has 0 bridgehead atoms. The molecule has 8 nitrogen and oxygen atoms in total. The number of morpholine rings is 1. The van der Waals surface area contributed by atoms with Crippen LogP contribution in [0.15, 0.2) is 24.3 Å². The number of hydrogen-bond donors (Lipinski definition) is 1. The van der Waals surface area contributed by atoms with Crippen molar-refractivity contribution in [1.82, 2.24) is 5.32 Å². The Hall–Kier alpha value is -3.00. The van der Waals surface area contributed by atoms with E-state index >= 15 is 0 Å². The van der Waals surface area contributed by atoms with Gasteiger partial charge in [-0.3, -0.25) is 25.0 Å². The monoisotopic (exact) mass is 327 g/mol. The number of anilines is 1. The molecule has 0 spiro atoms. The van der Waals surface area contributed by atoms with Crippen molar-refractivity contribution >= 4 is 34.0 Å². The summed E-state index contributed by atoms with van der Waals surface area (Å²) in [5.41, 5.74) is 0.808. The lowest BCUT2D eigenvalue weighted by molar-refractivity contribution is -0.384. The number of benzene rings is 2. The second-order valence-electron chi connectivity index (χ2n) is 5.66. The van der Waals surface area contributed by atoms with Crippen molar-refractivity contribution in [2.75, 3.05) is 31.2 Å². The van der Waals surface area contributed by atoms with Gasteiger partial charge in [-0.05, 0) is 6.07 Å². The Morgan fingerprint density at radius 2 is 1.83 bits per heavy atom. The highest BCUT2D eigenvalue weighted by molar-refractivity contribution is 6.27. The summed E-state index contributed by atoms with van der Waals surface area (Å²) in [6.45, 7) is 1.97. The zero-order valence-electron chi connectivity index (χ0n) is 12.6. The molecule has 0 atom stereocenters. The van der Waals surface area contributed by atoms with Crippen LogP contribution in [0.25, 0.3) is 10.8 Å². The summed E-state index contributed by atoms with van der Waals surface area (Å²) in [6, 6.07) is 6.26. The first-order valence-corrected chi connectivity index (χ1v) is 7.50. The van der Waals surface area contributed by atoms with Crippen molar-refractivity contribution in [2.45, 2.75) is 0 Å². The van der Waals surface area contributed by atoms with Gasteiger partial charge in [-0.15, -0.1) is 0 Å². The molecule has 24 heavy (non-hydrogen) atoms. The van der Waals surface area contributed by atoms with Crippen molar-refractivity contribution in [3.8, 4) is 0 Å². The van der Waals surface area contributed by atoms with Crippen LogP contribution in [-0.2, 0) is 4.74 Å². The predicted octanol–water partition coefficient (Wildman–Crippen LogP) is 1.47. The third kappa shape index (κ3) is 2.04. The van der Waals surface area contributed by atoms with E-state index in [9.17, 15) is 19.7 Å². The smallest absolute Gasteiger partial charge is 0.293 e. The van der Waals surface area contributed by atoms with Crippen molar-refractivity contribution in [2.24, 2.45) is 0 Å². The average Bonchev–Trinajstić information content (AvgIpc) is 2.59. The van der Waals surface area contributed by atoms with Gasteiger partial charge in [-0.1, -0.05) is 12.1 Å². The number of carbonyl (C=O) groups excluding carboxylic acids is 2. The van der Waals surface area contributed by atoms with E-state index in [1.807, 2.05) is 4.90 Å². The molecule has 8 heteroatoms. The molecule has 1 fully saturated rings. The molecule has 2 aromatic carbocycles. The number of amides is 2. The topological polar surface area (TPSA) is 102 Å². The van der Waals surface area contributed by atoms with Crippen LogP contribution in [-0.4, -0.2) is 43.0 Å². The summed E-state index contributed by atoms with van der Waals surface area (Å²) < 4.78 is 5.32. The summed E-state index contributed by atoms with van der Waals surface area (Å²) in [4.78, 5) is 37.2. The van der Waals surface area contributed by atoms with Crippen LogP contribution >= 0.6 is 0 Å². The number of ether oxygens (including phenoxy) is 1. The Balaban J connectivity index is 2.09. The molecule has 2 heterocycles. The Kier molecular flexibility index (Phi) is 3.20. The van der Waals surface area contributed by atoms with Crippen molar-refractivity contribution < 1.29 is 19.2 Å². The molecular weight excluding hydrogens is 314 g/mol. The van der Waals surface area contributed by atoms with Crippen LogP contribution in [0, 0.1) is 10.1 Å². The number of nitrogens with one attached hydrogen (secondary N) is 1. The Morgan fingerprint density at radius 1 is 1.12 bits per heavy atom. The quantitative estimate of drug-likeness (QED) is 0.509. The summed E-state index contributed by atoms with van der Waals surface area (Å²) >= 11 is 0. The molecule has 0 unspecified atom stereocenters. The third-order valence-electron chi connectivity index (χ3n) is 4.35. The highest BCUT2D eigenvalue weighted by Crippen LogP contribution is 2.41. The van der Waals surface area contributed by atoms with Gasteiger partial charge in [-0.2, -0.15) is 0 Å². The van der Waals surface area contributed by atoms with Gasteiger partial charge in [0.25, 0.3) is 17.5 Å². The lowest BCUT2D eigenvalue weighted by Crippen LogP contribution is -2.38. The normalized spacial score (nSPS) is 17.1. The number of nitro groups is 1. The standard InChI is InChI=1S/C16H13N3O5/c20-15-10-3-1-2-9-13(10)11(16(21)17-15)8-12(19(22)23)14(9)18-4-6-24-7-5-18/h1-3,8H,4-7H2,(H,17,20,21). The average molecular weight is 327 g/mol. The second kappa shape index (κ2) is 5.27. The molecule has 122 valence electrons. The fourth-order valence-corrected chi connectivity index (χ4v) is 3.32. The highest BCUT2D eigenvalue weighted by atomic mass is 16.6. The molecule has 2 aromatic rings. The van der Waals surface area contributed by atoms with Crippen LogP contribution in [0.1, 0.15) is 20.7 Å². The van der Waals surface area contributed by atoms with Gasteiger partial charge >= 0.3 is 0 Å². The van der Waals surface area contributed by atoms with Gasteiger partial charge in [0.05, 0.1) is 23.7 Å². The lowest BCUT2D eigenvalue weighted by atomic mass is 9.92.